The molecule has 0 amide bonds. The van der Waals surface area contributed by atoms with E-state index in [1.54, 1.807) is 0 Å². The maximum absolute atomic E-state index is 7.35. The number of fused-ring (bicyclic) bond motifs is 5. The molecular formula is C51H31N3. The van der Waals surface area contributed by atoms with E-state index in [1.807, 2.05) is 42.5 Å². The Kier molecular flexibility index (Phi) is 7.53. The topological polar surface area (TPSA) is 30.1 Å². The molecule has 0 saturated carbocycles. The molecule has 0 atom stereocenters. The van der Waals surface area contributed by atoms with Crippen molar-refractivity contribution in [1.82, 2.24) is 9.97 Å². The Balaban J connectivity index is 1.19. The second-order valence-corrected chi connectivity index (χ2v) is 13.6. The molecule has 1 heterocycles. The standard InChI is InChI=1S/C51H31N3/c1-52-39-25-22-33(23-26-39)36-16-11-17-38(30-36)48-32-49(54-51(53-48)35-13-3-2-4-14-35)44-28-29-45(43-21-10-9-20-42(43)44)50-41-19-8-6-15-37(41)31-47-40-18-7-5-12-34(40)24-27-46(47)50/h2-32H. The minimum atomic E-state index is 0.628. The van der Waals surface area contributed by atoms with E-state index in [2.05, 4.69) is 150 Å². The van der Waals surface area contributed by atoms with Gasteiger partial charge < -0.3 is 0 Å². The Hall–Kier alpha value is -7.41. The second kappa shape index (κ2) is 13.0. The van der Waals surface area contributed by atoms with Gasteiger partial charge in [-0.05, 0) is 83.5 Å². The molecule has 10 aromatic rings. The van der Waals surface area contributed by atoms with E-state index in [0.29, 0.717) is 11.5 Å². The maximum atomic E-state index is 7.35. The third kappa shape index (κ3) is 5.37. The van der Waals surface area contributed by atoms with Crippen LogP contribution in [0.2, 0.25) is 0 Å². The number of hydrogen-bond acceptors (Lipinski definition) is 2. The summed E-state index contributed by atoms with van der Waals surface area (Å²) in [5.41, 5.74) is 9.90. The van der Waals surface area contributed by atoms with Crippen molar-refractivity contribution in [3.8, 4) is 56.2 Å². The fourth-order valence-electron chi connectivity index (χ4n) is 7.89. The number of rotatable bonds is 5. The summed E-state index contributed by atoms with van der Waals surface area (Å²) in [6.45, 7) is 7.35. The van der Waals surface area contributed by atoms with Crippen molar-refractivity contribution in [3.63, 3.8) is 0 Å². The van der Waals surface area contributed by atoms with Gasteiger partial charge in [-0.3, -0.25) is 0 Å². The van der Waals surface area contributed by atoms with Crippen molar-refractivity contribution in [2.75, 3.05) is 0 Å². The zero-order valence-corrected chi connectivity index (χ0v) is 29.2. The first kappa shape index (κ1) is 31.3. The van der Waals surface area contributed by atoms with Crippen LogP contribution >= 0.6 is 0 Å². The van der Waals surface area contributed by atoms with Crippen LogP contribution in [0.1, 0.15) is 0 Å². The van der Waals surface area contributed by atoms with Crippen LogP contribution in [0.25, 0.3) is 104 Å². The van der Waals surface area contributed by atoms with Crippen LogP contribution in [0.5, 0.6) is 0 Å². The predicted molar refractivity (Wildman–Crippen MR) is 225 cm³/mol. The highest BCUT2D eigenvalue weighted by Crippen LogP contribution is 2.44. The maximum Gasteiger partial charge on any atom is 0.187 e. The van der Waals surface area contributed by atoms with Gasteiger partial charge in [-0.15, -0.1) is 0 Å². The molecule has 54 heavy (non-hydrogen) atoms. The van der Waals surface area contributed by atoms with E-state index in [0.717, 1.165) is 44.6 Å². The van der Waals surface area contributed by atoms with Gasteiger partial charge in [0.25, 0.3) is 0 Å². The number of benzene rings is 9. The lowest BCUT2D eigenvalue weighted by Crippen LogP contribution is -1.97. The Morgan fingerprint density at radius 3 is 1.78 bits per heavy atom. The van der Waals surface area contributed by atoms with Crippen LogP contribution < -0.4 is 0 Å². The molecule has 9 aromatic carbocycles. The van der Waals surface area contributed by atoms with Crippen molar-refractivity contribution >= 4 is 48.8 Å². The van der Waals surface area contributed by atoms with E-state index < -0.39 is 0 Å². The molecule has 0 unspecified atom stereocenters. The third-order valence-corrected chi connectivity index (χ3v) is 10.5. The molecule has 0 spiro atoms. The van der Waals surface area contributed by atoms with E-state index in [4.69, 9.17) is 16.5 Å². The van der Waals surface area contributed by atoms with E-state index in [1.165, 1.54) is 48.8 Å². The first-order valence-electron chi connectivity index (χ1n) is 18.1. The Morgan fingerprint density at radius 1 is 0.352 bits per heavy atom. The lowest BCUT2D eigenvalue weighted by atomic mass is 9.86. The highest BCUT2D eigenvalue weighted by molar-refractivity contribution is 6.23. The number of hydrogen-bond donors (Lipinski definition) is 0. The molecule has 10 rings (SSSR count). The van der Waals surface area contributed by atoms with Crippen LogP contribution in [0.4, 0.5) is 5.69 Å². The van der Waals surface area contributed by atoms with Crippen molar-refractivity contribution < 1.29 is 0 Å². The first-order valence-corrected chi connectivity index (χ1v) is 18.1. The number of nitrogens with zero attached hydrogens (tertiary/aromatic N) is 3. The second-order valence-electron chi connectivity index (χ2n) is 13.6. The summed E-state index contributed by atoms with van der Waals surface area (Å²) < 4.78 is 0. The van der Waals surface area contributed by atoms with Gasteiger partial charge in [0.2, 0.25) is 0 Å². The molecule has 0 aliphatic carbocycles. The zero-order valence-electron chi connectivity index (χ0n) is 29.2. The Bertz CT molecular complexity index is 3100. The van der Waals surface area contributed by atoms with Gasteiger partial charge in [0.05, 0.1) is 18.0 Å². The van der Waals surface area contributed by atoms with Crippen molar-refractivity contribution in [2.45, 2.75) is 0 Å². The van der Waals surface area contributed by atoms with Crippen LogP contribution in [-0.4, -0.2) is 9.97 Å². The molecule has 0 bridgehead atoms. The lowest BCUT2D eigenvalue weighted by Gasteiger charge is -2.17. The molecular weight excluding hydrogens is 655 g/mol. The summed E-state index contributed by atoms with van der Waals surface area (Å²) in [5.74, 6) is 0.676. The van der Waals surface area contributed by atoms with Gasteiger partial charge in [0.15, 0.2) is 11.5 Å². The van der Waals surface area contributed by atoms with Crippen molar-refractivity contribution in [3.05, 3.63) is 199 Å². The largest absolute Gasteiger partial charge is 0.238 e. The molecule has 3 heteroatoms. The van der Waals surface area contributed by atoms with Crippen LogP contribution in [0.15, 0.2) is 188 Å². The molecule has 0 aliphatic rings. The zero-order chi connectivity index (χ0) is 36.0. The summed E-state index contributed by atoms with van der Waals surface area (Å²) in [6.07, 6.45) is 0. The van der Waals surface area contributed by atoms with Crippen molar-refractivity contribution in [2.24, 2.45) is 0 Å². The summed E-state index contributed by atoms with van der Waals surface area (Å²) in [6, 6.07) is 66.0. The highest BCUT2D eigenvalue weighted by Gasteiger charge is 2.18. The van der Waals surface area contributed by atoms with Gasteiger partial charge >= 0.3 is 0 Å². The van der Waals surface area contributed by atoms with Gasteiger partial charge in [-0.2, -0.15) is 0 Å². The van der Waals surface area contributed by atoms with Gasteiger partial charge in [-0.1, -0.05) is 170 Å². The van der Waals surface area contributed by atoms with E-state index in [9.17, 15) is 0 Å². The average molecular weight is 686 g/mol. The number of aromatic nitrogens is 2. The monoisotopic (exact) mass is 685 g/mol. The summed E-state index contributed by atoms with van der Waals surface area (Å²) >= 11 is 0. The molecule has 0 fully saturated rings. The van der Waals surface area contributed by atoms with Gasteiger partial charge in [-0.25, -0.2) is 14.8 Å². The summed E-state index contributed by atoms with van der Waals surface area (Å²) in [5, 5.41) is 9.76. The van der Waals surface area contributed by atoms with Crippen LogP contribution in [0, 0.1) is 6.57 Å². The van der Waals surface area contributed by atoms with Gasteiger partial charge in [0.1, 0.15) is 0 Å². The Labute approximate surface area is 313 Å². The van der Waals surface area contributed by atoms with Crippen LogP contribution in [-0.2, 0) is 0 Å². The molecule has 0 N–H and O–H groups in total. The molecule has 250 valence electrons. The molecule has 0 saturated heterocycles. The van der Waals surface area contributed by atoms with Crippen LogP contribution in [0.3, 0.4) is 0 Å². The molecule has 3 nitrogen and oxygen atoms in total. The first-order chi connectivity index (χ1) is 26.7. The summed E-state index contributed by atoms with van der Waals surface area (Å²) in [4.78, 5) is 14.0. The SMILES string of the molecule is [C-]#[N+]c1ccc(-c2cccc(-c3cc(-c4ccc(-c5c6ccccc6cc6c5ccc5ccccc56)c5ccccc45)nc(-c4ccccc4)n3)c2)cc1. The van der Waals surface area contributed by atoms with E-state index >= 15 is 0 Å². The quantitative estimate of drug-likeness (QED) is 0.103. The fraction of sp³-hybridized carbons (Fsp3) is 0. The Morgan fingerprint density at radius 2 is 0.981 bits per heavy atom. The molecule has 0 radical (unpaired) electrons. The molecule has 1 aromatic heterocycles. The average Bonchev–Trinajstić information content (AvgIpc) is 3.25. The predicted octanol–water partition coefficient (Wildman–Crippen LogP) is 14.0. The van der Waals surface area contributed by atoms with Gasteiger partial charge in [0, 0.05) is 16.7 Å². The fourth-order valence-corrected chi connectivity index (χ4v) is 7.89. The highest BCUT2D eigenvalue weighted by atomic mass is 14.9. The van der Waals surface area contributed by atoms with Crippen molar-refractivity contribution in [1.29, 1.82) is 0 Å². The minimum absolute atomic E-state index is 0.628. The van der Waals surface area contributed by atoms with E-state index in [-0.39, 0.29) is 0 Å². The smallest absolute Gasteiger partial charge is 0.187 e. The minimum Gasteiger partial charge on any atom is -0.238 e. The lowest BCUT2D eigenvalue weighted by molar-refractivity contribution is 1.18. The summed E-state index contributed by atoms with van der Waals surface area (Å²) in [7, 11) is 0. The third-order valence-electron chi connectivity index (χ3n) is 10.5. The normalized spacial score (nSPS) is 11.3. The molecule has 0 aliphatic heterocycles.